The maximum Gasteiger partial charge on any atom is 0.206 e. The molecule has 0 aliphatic rings. The van der Waals surface area contributed by atoms with E-state index in [-0.39, 0.29) is 0 Å². The minimum Gasteiger partial charge on any atom is -0.383 e. The van der Waals surface area contributed by atoms with Crippen molar-refractivity contribution in [3.05, 3.63) is 74.3 Å². The molecule has 0 aliphatic heterocycles. The van der Waals surface area contributed by atoms with Gasteiger partial charge in [0.05, 0.1) is 36.7 Å². The van der Waals surface area contributed by atoms with E-state index >= 15 is 0 Å². The van der Waals surface area contributed by atoms with Gasteiger partial charge in [-0.3, -0.25) is 4.99 Å². The van der Waals surface area contributed by atoms with E-state index in [2.05, 4.69) is 32.1 Å². The van der Waals surface area contributed by atoms with Gasteiger partial charge in [-0.05, 0) is 29.8 Å². The Morgan fingerprint density at radius 1 is 1.19 bits per heavy atom. The van der Waals surface area contributed by atoms with Crippen LogP contribution in [-0.2, 0) is 4.74 Å². The number of hydrogen-bond acceptors (Lipinski definition) is 5. The molecule has 0 saturated heterocycles. The number of benzene rings is 2. The SMILES string of the molecule is COCCN=c1scc(-c2ccc(Br)cc2)n1N=Cc1ccc(C#N)cc1. The molecule has 1 aromatic heterocycles. The van der Waals surface area contributed by atoms with E-state index in [1.54, 1.807) is 25.5 Å². The van der Waals surface area contributed by atoms with Crippen LogP contribution in [0.4, 0.5) is 0 Å². The van der Waals surface area contributed by atoms with Gasteiger partial charge in [-0.1, -0.05) is 40.2 Å². The van der Waals surface area contributed by atoms with Crippen LogP contribution in [0.1, 0.15) is 11.1 Å². The van der Waals surface area contributed by atoms with Crippen LogP contribution in [0.3, 0.4) is 0 Å². The lowest BCUT2D eigenvalue weighted by molar-refractivity contribution is 0.207. The number of halogens is 1. The molecule has 0 atom stereocenters. The topological polar surface area (TPSA) is 62.7 Å². The Morgan fingerprint density at radius 2 is 1.93 bits per heavy atom. The molecule has 0 saturated carbocycles. The first-order valence-corrected chi connectivity index (χ1v) is 9.89. The highest BCUT2D eigenvalue weighted by Gasteiger charge is 2.07. The summed E-state index contributed by atoms with van der Waals surface area (Å²) in [5, 5.41) is 15.6. The molecule has 136 valence electrons. The summed E-state index contributed by atoms with van der Waals surface area (Å²) in [7, 11) is 1.66. The van der Waals surface area contributed by atoms with Gasteiger partial charge in [-0.15, -0.1) is 11.3 Å². The van der Waals surface area contributed by atoms with Crippen LogP contribution in [0, 0.1) is 11.3 Å². The van der Waals surface area contributed by atoms with Crippen molar-refractivity contribution < 1.29 is 4.74 Å². The summed E-state index contributed by atoms with van der Waals surface area (Å²) >= 11 is 5.01. The Labute approximate surface area is 170 Å². The van der Waals surface area contributed by atoms with Crippen LogP contribution in [0.25, 0.3) is 11.3 Å². The van der Waals surface area contributed by atoms with Crippen molar-refractivity contribution in [2.75, 3.05) is 20.3 Å². The average Bonchev–Trinajstić information content (AvgIpc) is 3.10. The number of ether oxygens (including phenoxy) is 1. The maximum atomic E-state index is 8.92. The van der Waals surface area contributed by atoms with Crippen molar-refractivity contribution in [3.8, 4) is 17.3 Å². The fourth-order valence-corrected chi connectivity index (χ4v) is 3.47. The second-order valence-corrected chi connectivity index (χ2v) is 7.33. The van der Waals surface area contributed by atoms with Gasteiger partial charge in [-0.2, -0.15) is 10.4 Å². The lowest BCUT2D eigenvalue weighted by Gasteiger charge is -2.04. The molecule has 0 aliphatic carbocycles. The van der Waals surface area contributed by atoms with Crippen molar-refractivity contribution in [2.24, 2.45) is 10.1 Å². The number of hydrogen-bond donors (Lipinski definition) is 0. The average molecular weight is 441 g/mol. The number of nitrogens with zero attached hydrogens (tertiary/aromatic N) is 4. The number of nitriles is 1. The summed E-state index contributed by atoms with van der Waals surface area (Å²) in [5.41, 5.74) is 3.56. The molecule has 0 unspecified atom stereocenters. The molecular formula is C20H17BrN4OS. The number of methoxy groups -OCH3 is 1. The zero-order valence-corrected chi connectivity index (χ0v) is 17.1. The number of aromatic nitrogens is 1. The van der Waals surface area contributed by atoms with Crippen LogP contribution in [-0.4, -0.2) is 31.2 Å². The van der Waals surface area contributed by atoms with E-state index in [0.29, 0.717) is 18.7 Å². The lowest BCUT2D eigenvalue weighted by atomic mass is 10.2. The van der Waals surface area contributed by atoms with Gasteiger partial charge < -0.3 is 4.74 Å². The quantitative estimate of drug-likeness (QED) is 0.424. The molecule has 27 heavy (non-hydrogen) atoms. The highest BCUT2D eigenvalue weighted by atomic mass is 79.9. The number of rotatable bonds is 6. The third-order valence-electron chi connectivity index (χ3n) is 3.73. The Bertz CT molecular complexity index is 1030. The molecular weight excluding hydrogens is 424 g/mol. The summed E-state index contributed by atoms with van der Waals surface area (Å²) in [4.78, 5) is 5.39. The van der Waals surface area contributed by atoms with E-state index in [9.17, 15) is 0 Å². The molecule has 3 rings (SSSR count). The van der Waals surface area contributed by atoms with Crippen molar-refractivity contribution in [2.45, 2.75) is 0 Å². The third kappa shape index (κ3) is 5.01. The standard InChI is InChI=1S/C20H17BrN4OS/c1-26-11-10-23-20-25(24-13-16-4-2-15(12-22)3-5-16)19(14-27-20)17-6-8-18(21)9-7-17/h2-9,13-14H,10-11H2,1H3. The molecule has 0 bridgehead atoms. The molecule has 0 radical (unpaired) electrons. The molecule has 0 amide bonds. The van der Waals surface area contributed by atoms with Crippen LogP contribution < -0.4 is 4.80 Å². The molecule has 2 aromatic carbocycles. The molecule has 0 fully saturated rings. The van der Waals surface area contributed by atoms with E-state index in [4.69, 9.17) is 10.00 Å². The van der Waals surface area contributed by atoms with Crippen LogP contribution in [0.15, 0.2) is 68.5 Å². The first kappa shape index (κ1) is 19.2. The molecule has 3 aromatic rings. The van der Waals surface area contributed by atoms with Crippen molar-refractivity contribution >= 4 is 33.5 Å². The predicted molar refractivity (Wildman–Crippen MR) is 112 cm³/mol. The summed E-state index contributed by atoms with van der Waals surface area (Å²) in [5.74, 6) is 0. The van der Waals surface area contributed by atoms with Crippen molar-refractivity contribution in [3.63, 3.8) is 0 Å². The monoisotopic (exact) mass is 440 g/mol. The first-order valence-electron chi connectivity index (χ1n) is 8.21. The summed E-state index contributed by atoms with van der Waals surface area (Å²) in [6.07, 6.45) is 1.77. The largest absolute Gasteiger partial charge is 0.383 e. The maximum absolute atomic E-state index is 8.92. The van der Waals surface area contributed by atoms with E-state index < -0.39 is 0 Å². The minimum atomic E-state index is 0.560. The predicted octanol–water partition coefficient (Wildman–Crippen LogP) is 4.28. The van der Waals surface area contributed by atoms with Gasteiger partial charge in [0.25, 0.3) is 0 Å². The Morgan fingerprint density at radius 3 is 2.59 bits per heavy atom. The minimum absolute atomic E-state index is 0.560. The van der Waals surface area contributed by atoms with Crippen LogP contribution in [0.2, 0.25) is 0 Å². The van der Waals surface area contributed by atoms with Gasteiger partial charge in [0, 0.05) is 22.5 Å². The zero-order chi connectivity index (χ0) is 19.1. The highest BCUT2D eigenvalue weighted by molar-refractivity contribution is 9.10. The van der Waals surface area contributed by atoms with Gasteiger partial charge in [0.2, 0.25) is 4.80 Å². The second-order valence-electron chi connectivity index (χ2n) is 5.58. The first-order chi connectivity index (χ1) is 13.2. The second kappa shape index (κ2) is 9.42. The van der Waals surface area contributed by atoms with Gasteiger partial charge >= 0.3 is 0 Å². The van der Waals surface area contributed by atoms with Gasteiger partial charge in [0.1, 0.15) is 0 Å². The fraction of sp³-hybridized carbons (Fsp3) is 0.150. The third-order valence-corrected chi connectivity index (χ3v) is 5.11. The zero-order valence-electron chi connectivity index (χ0n) is 14.7. The molecule has 1 heterocycles. The van der Waals surface area contributed by atoms with E-state index in [1.165, 1.54) is 11.3 Å². The van der Waals surface area contributed by atoms with Crippen molar-refractivity contribution in [1.29, 1.82) is 5.26 Å². The summed E-state index contributed by atoms with van der Waals surface area (Å²) < 4.78 is 7.95. The normalized spacial score (nSPS) is 11.8. The molecule has 0 spiro atoms. The van der Waals surface area contributed by atoms with E-state index in [0.717, 1.165) is 26.1 Å². The molecule has 5 nitrogen and oxygen atoms in total. The van der Waals surface area contributed by atoms with Gasteiger partial charge in [0.15, 0.2) is 0 Å². The molecule has 7 heteroatoms. The highest BCUT2D eigenvalue weighted by Crippen LogP contribution is 2.22. The Hall–Kier alpha value is -2.53. The van der Waals surface area contributed by atoms with E-state index in [1.807, 2.05) is 46.5 Å². The van der Waals surface area contributed by atoms with Crippen LogP contribution >= 0.6 is 27.3 Å². The lowest BCUT2D eigenvalue weighted by Crippen LogP contribution is -2.13. The molecule has 0 N–H and O–H groups in total. The van der Waals surface area contributed by atoms with Crippen molar-refractivity contribution in [1.82, 2.24) is 4.68 Å². The number of thiazole rings is 1. The van der Waals surface area contributed by atoms with Crippen LogP contribution in [0.5, 0.6) is 0 Å². The summed E-state index contributed by atoms with van der Waals surface area (Å²) in [6, 6.07) is 17.5. The summed E-state index contributed by atoms with van der Waals surface area (Å²) in [6.45, 7) is 1.13. The fourth-order valence-electron chi connectivity index (χ4n) is 2.34. The Balaban J connectivity index is 2.00. The Kier molecular flexibility index (Phi) is 6.71. The van der Waals surface area contributed by atoms with Gasteiger partial charge in [-0.25, -0.2) is 4.68 Å². The smallest absolute Gasteiger partial charge is 0.206 e.